The van der Waals surface area contributed by atoms with Gasteiger partial charge in [-0.1, -0.05) is 6.07 Å². The van der Waals surface area contributed by atoms with Gasteiger partial charge in [-0.25, -0.2) is 0 Å². The second-order valence-electron chi connectivity index (χ2n) is 4.31. The molecule has 5 nitrogen and oxygen atoms in total. The summed E-state index contributed by atoms with van der Waals surface area (Å²) in [6.07, 6.45) is 0. The van der Waals surface area contributed by atoms with Gasteiger partial charge in [0.2, 0.25) is 0 Å². The lowest BCUT2D eigenvalue weighted by Gasteiger charge is -2.11. The number of rotatable bonds is 2. The molecule has 2 aromatic carbocycles. The molecule has 0 unspecified atom stereocenters. The number of halogens is 1. The van der Waals surface area contributed by atoms with Crippen LogP contribution < -0.4 is 11.1 Å². The predicted octanol–water partition coefficient (Wildman–Crippen LogP) is 3.00. The van der Waals surface area contributed by atoms with Crippen LogP contribution in [-0.2, 0) is 0 Å². The van der Waals surface area contributed by atoms with Crippen LogP contribution in [0.15, 0.2) is 34.8 Å². The van der Waals surface area contributed by atoms with E-state index >= 15 is 0 Å². The number of phenols is 2. The van der Waals surface area contributed by atoms with Crippen LogP contribution in [0.5, 0.6) is 11.5 Å². The Hall–Kier alpha value is -2.21. The van der Waals surface area contributed by atoms with Crippen LogP contribution in [0.3, 0.4) is 0 Å². The Morgan fingerprint density at radius 3 is 2.45 bits per heavy atom. The molecule has 0 aromatic heterocycles. The van der Waals surface area contributed by atoms with Crippen molar-refractivity contribution in [1.29, 1.82) is 0 Å². The molecule has 20 heavy (non-hydrogen) atoms. The number of anilines is 2. The molecule has 0 saturated carbocycles. The predicted molar refractivity (Wildman–Crippen MR) is 81.0 cm³/mol. The van der Waals surface area contributed by atoms with Gasteiger partial charge in [-0.2, -0.15) is 0 Å². The van der Waals surface area contributed by atoms with Crippen molar-refractivity contribution in [3.63, 3.8) is 0 Å². The Balaban J connectivity index is 2.35. The first-order valence-electron chi connectivity index (χ1n) is 5.78. The number of hydrogen-bond donors (Lipinski definition) is 4. The number of hydrogen-bond acceptors (Lipinski definition) is 4. The third-order valence-electron chi connectivity index (χ3n) is 2.85. The molecular formula is C14H13BrN2O3. The molecule has 0 spiro atoms. The van der Waals surface area contributed by atoms with E-state index < -0.39 is 5.91 Å². The molecule has 6 heteroatoms. The largest absolute Gasteiger partial charge is 0.507 e. The highest BCUT2D eigenvalue weighted by Crippen LogP contribution is 2.31. The average molecular weight is 337 g/mol. The quantitative estimate of drug-likeness (QED) is 0.634. The van der Waals surface area contributed by atoms with E-state index in [-0.39, 0.29) is 17.1 Å². The standard InChI is InChI=1S/C14H13BrN2O3/c1-7-5-8(15)10(6-9(7)16)17-14(20)13-11(18)3-2-4-12(13)19/h2-6,18-19H,16H2,1H3,(H,17,20). The minimum absolute atomic E-state index is 0.182. The van der Waals surface area contributed by atoms with Gasteiger partial charge in [0.25, 0.3) is 5.91 Å². The molecule has 0 saturated heterocycles. The normalized spacial score (nSPS) is 10.3. The number of aryl methyl sites for hydroxylation is 1. The van der Waals surface area contributed by atoms with Gasteiger partial charge in [-0.3, -0.25) is 4.79 Å². The summed E-state index contributed by atoms with van der Waals surface area (Å²) in [5.41, 5.74) is 7.48. The minimum atomic E-state index is -0.621. The first kappa shape index (κ1) is 14.2. The van der Waals surface area contributed by atoms with Crippen molar-refractivity contribution in [2.24, 2.45) is 0 Å². The summed E-state index contributed by atoms with van der Waals surface area (Å²) in [6.45, 7) is 1.85. The van der Waals surface area contributed by atoms with Crippen molar-refractivity contribution in [3.8, 4) is 11.5 Å². The Bertz CT molecular complexity index is 666. The van der Waals surface area contributed by atoms with E-state index in [9.17, 15) is 15.0 Å². The van der Waals surface area contributed by atoms with Crippen LogP contribution in [0.25, 0.3) is 0 Å². The third kappa shape index (κ3) is 2.70. The summed E-state index contributed by atoms with van der Waals surface area (Å²) >= 11 is 3.32. The first-order valence-corrected chi connectivity index (χ1v) is 6.57. The topological polar surface area (TPSA) is 95.6 Å². The maximum atomic E-state index is 12.1. The number of nitrogens with two attached hydrogens (primary N) is 1. The number of benzene rings is 2. The summed E-state index contributed by atoms with van der Waals surface area (Å²) in [5, 5.41) is 21.9. The summed E-state index contributed by atoms with van der Waals surface area (Å²) < 4.78 is 0.660. The molecule has 0 atom stereocenters. The van der Waals surface area contributed by atoms with E-state index in [1.807, 2.05) is 6.92 Å². The minimum Gasteiger partial charge on any atom is -0.507 e. The molecule has 2 rings (SSSR count). The maximum Gasteiger partial charge on any atom is 0.263 e. The molecule has 0 aliphatic carbocycles. The van der Waals surface area contributed by atoms with Crippen LogP contribution in [0, 0.1) is 6.92 Å². The van der Waals surface area contributed by atoms with E-state index in [0.717, 1.165) is 5.56 Å². The summed E-state index contributed by atoms with van der Waals surface area (Å²) in [4.78, 5) is 12.1. The average Bonchev–Trinajstić information content (AvgIpc) is 2.35. The van der Waals surface area contributed by atoms with Crippen LogP contribution in [0.4, 0.5) is 11.4 Å². The lowest BCUT2D eigenvalue weighted by atomic mass is 10.1. The number of amides is 1. The van der Waals surface area contributed by atoms with Crippen LogP contribution in [0.2, 0.25) is 0 Å². The monoisotopic (exact) mass is 336 g/mol. The Morgan fingerprint density at radius 2 is 1.85 bits per heavy atom. The summed E-state index contributed by atoms with van der Waals surface area (Å²) in [5.74, 6) is -1.21. The molecule has 2 aromatic rings. The van der Waals surface area contributed by atoms with Crippen molar-refractivity contribution < 1.29 is 15.0 Å². The van der Waals surface area contributed by atoms with Crippen LogP contribution in [0.1, 0.15) is 15.9 Å². The van der Waals surface area contributed by atoms with Crippen molar-refractivity contribution >= 4 is 33.2 Å². The Kier molecular flexibility index (Phi) is 3.85. The van der Waals surface area contributed by atoms with E-state index in [2.05, 4.69) is 21.2 Å². The van der Waals surface area contributed by atoms with Crippen molar-refractivity contribution in [2.75, 3.05) is 11.1 Å². The smallest absolute Gasteiger partial charge is 0.263 e. The zero-order valence-electron chi connectivity index (χ0n) is 10.6. The van der Waals surface area contributed by atoms with Gasteiger partial charge in [0.05, 0.1) is 5.69 Å². The molecule has 0 bridgehead atoms. The molecule has 0 aliphatic heterocycles. The molecule has 0 fully saturated rings. The number of carbonyl (C=O) groups excluding carboxylic acids is 1. The Morgan fingerprint density at radius 1 is 1.25 bits per heavy atom. The highest BCUT2D eigenvalue weighted by atomic mass is 79.9. The summed E-state index contributed by atoms with van der Waals surface area (Å²) in [7, 11) is 0. The maximum absolute atomic E-state index is 12.1. The number of nitrogen functional groups attached to an aromatic ring is 1. The fourth-order valence-corrected chi connectivity index (χ4v) is 2.29. The molecule has 104 valence electrons. The second kappa shape index (κ2) is 5.42. The zero-order chi connectivity index (χ0) is 14.9. The Labute approximate surface area is 124 Å². The van der Waals surface area contributed by atoms with Gasteiger partial charge in [-0.05, 0) is 52.7 Å². The molecule has 1 amide bonds. The molecule has 0 radical (unpaired) electrons. The number of carbonyl (C=O) groups is 1. The van der Waals surface area contributed by atoms with Gasteiger partial charge in [0.15, 0.2) is 0 Å². The zero-order valence-corrected chi connectivity index (χ0v) is 12.2. The molecule has 0 aliphatic rings. The van der Waals surface area contributed by atoms with E-state index in [4.69, 9.17) is 5.73 Å². The van der Waals surface area contributed by atoms with Crippen molar-refractivity contribution in [3.05, 3.63) is 45.9 Å². The lowest BCUT2D eigenvalue weighted by molar-refractivity contribution is 0.102. The molecule has 5 N–H and O–H groups in total. The van der Waals surface area contributed by atoms with Crippen molar-refractivity contribution in [1.82, 2.24) is 0 Å². The second-order valence-corrected chi connectivity index (χ2v) is 5.17. The number of aromatic hydroxyl groups is 2. The van der Waals surface area contributed by atoms with E-state index in [1.54, 1.807) is 12.1 Å². The number of nitrogens with one attached hydrogen (secondary N) is 1. The fraction of sp³-hybridized carbons (Fsp3) is 0.0714. The molecule has 0 heterocycles. The van der Waals surface area contributed by atoms with E-state index in [1.165, 1.54) is 18.2 Å². The highest BCUT2D eigenvalue weighted by molar-refractivity contribution is 9.10. The van der Waals surface area contributed by atoms with Gasteiger partial charge in [0.1, 0.15) is 17.1 Å². The third-order valence-corrected chi connectivity index (χ3v) is 3.51. The van der Waals surface area contributed by atoms with Gasteiger partial charge in [0, 0.05) is 10.2 Å². The summed E-state index contributed by atoms with van der Waals surface area (Å²) in [6, 6.07) is 7.48. The number of phenolic OH excluding ortho intramolecular Hbond substituents is 2. The van der Waals surface area contributed by atoms with Gasteiger partial charge < -0.3 is 21.3 Å². The SMILES string of the molecule is Cc1cc(Br)c(NC(=O)c2c(O)cccc2O)cc1N. The van der Waals surface area contributed by atoms with Crippen molar-refractivity contribution in [2.45, 2.75) is 6.92 Å². The fourth-order valence-electron chi connectivity index (χ4n) is 1.73. The van der Waals surface area contributed by atoms with Crippen LogP contribution >= 0.6 is 15.9 Å². The molecular weight excluding hydrogens is 324 g/mol. The highest BCUT2D eigenvalue weighted by Gasteiger charge is 2.17. The first-order chi connectivity index (χ1) is 9.40. The van der Waals surface area contributed by atoms with E-state index in [0.29, 0.717) is 15.8 Å². The lowest BCUT2D eigenvalue weighted by Crippen LogP contribution is -2.13. The van der Waals surface area contributed by atoms with Gasteiger partial charge in [-0.15, -0.1) is 0 Å². The van der Waals surface area contributed by atoms with Gasteiger partial charge >= 0.3 is 0 Å². The van der Waals surface area contributed by atoms with Crippen LogP contribution in [-0.4, -0.2) is 16.1 Å².